The van der Waals surface area contributed by atoms with Crippen molar-refractivity contribution in [3.8, 4) is 0 Å². The molecule has 2 aromatic heterocycles. The van der Waals surface area contributed by atoms with E-state index in [1.165, 1.54) is 0 Å². The summed E-state index contributed by atoms with van der Waals surface area (Å²) in [6.45, 7) is 0. The van der Waals surface area contributed by atoms with Crippen molar-refractivity contribution in [2.24, 2.45) is 0 Å². The summed E-state index contributed by atoms with van der Waals surface area (Å²) in [6, 6.07) is 3.45. The molecule has 0 aromatic carbocycles. The van der Waals surface area contributed by atoms with Crippen molar-refractivity contribution < 1.29 is 4.42 Å². The smallest absolute Gasteiger partial charge is 0.389 e. The van der Waals surface area contributed by atoms with Crippen LogP contribution in [0.25, 0.3) is 11.2 Å². The highest BCUT2D eigenvalue weighted by molar-refractivity contribution is 9.10. The summed E-state index contributed by atoms with van der Waals surface area (Å²) in [7, 11) is 0. The number of hydrogen-bond acceptors (Lipinski definition) is 3. The Hall–Kier alpha value is -1.10. The number of halogens is 1. The molecule has 1 N–H and O–H groups in total. The third kappa shape index (κ3) is 1.07. The highest BCUT2D eigenvalue weighted by Gasteiger charge is 2.00. The molecule has 0 aliphatic rings. The van der Waals surface area contributed by atoms with Crippen LogP contribution in [0.3, 0.4) is 0 Å². The van der Waals surface area contributed by atoms with Gasteiger partial charge in [-0.25, -0.2) is 9.78 Å². The second-order valence-electron chi connectivity index (χ2n) is 2.00. The molecule has 2 aromatic rings. The Kier molecular flexibility index (Phi) is 1.32. The predicted octanol–water partition coefficient (Wildman–Crippen LogP) is 1.28. The summed E-state index contributed by atoms with van der Waals surface area (Å²) in [5.41, 5.74) is 0.933. The summed E-state index contributed by atoms with van der Waals surface area (Å²) < 4.78 is 5.34. The molecule has 0 aliphatic heterocycles. The zero-order chi connectivity index (χ0) is 7.84. The first-order valence-corrected chi connectivity index (χ1v) is 3.70. The summed E-state index contributed by atoms with van der Waals surface area (Å²) in [5.74, 6) is -0.481. The van der Waals surface area contributed by atoms with E-state index in [0.717, 1.165) is 0 Å². The minimum Gasteiger partial charge on any atom is -0.389 e. The van der Waals surface area contributed by atoms with Gasteiger partial charge in [-0.1, -0.05) is 0 Å². The number of pyridine rings is 1. The van der Waals surface area contributed by atoms with Gasteiger partial charge in [-0.2, -0.15) is 0 Å². The molecule has 0 amide bonds. The number of nitrogens with one attached hydrogen (secondary N) is 1. The number of fused-ring (bicyclic) bond motifs is 1. The molecule has 0 bridgehead atoms. The molecule has 0 aliphatic carbocycles. The van der Waals surface area contributed by atoms with Gasteiger partial charge in [-0.3, -0.25) is 4.98 Å². The predicted molar refractivity (Wildman–Crippen MR) is 42.3 cm³/mol. The van der Waals surface area contributed by atoms with E-state index in [-0.39, 0.29) is 0 Å². The van der Waals surface area contributed by atoms with Crippen LogP contribution < -0.4 is 5.76 Å². The van der Waals surface area contributed by atoms with Crippen molar-refractivity contribution in [1.29, 1.82) is 0 Å². The Balaban J connectivity index is 2.92. The lowest BCUT2D eigenvalue weighted by Crippen LogP contribution is -1.92. The number of aromatic amines is 1. The summed E-state index contributed by atoms with van der Waals surface area (Å²) in [5, 5.41) is 0. The van der Waals surface area contributed by atoms with Gasteiger partial charge < -0.3 is 4.42 Å². The molecule has 0 unspecified atom stereocenters. The van der Waals surface area contributed by atoms with Crippen LogP contribution in [-0.4, -0.2) is 9.97 Å². The van der Waals surface area contributed by atoms with Gasteiger partial charge in [-0.05, 0) is 28.1 Å². The number of nitrogens with zero attached hydrogens (tertiary/aromatic N) is 1. The average Bonchev–Trinajstić information content (AvgIpc) is 2.27. The molecular weight excluding hydrogens is 212 g/mol. The van der Waals surface area contributed by atoms with Gasteiger partial charge in [-0.15, -0.1) is 0 Å². The van der Waals surface area contributed by atoms with Crippen molar-refractivity contribution in [1.82, 2.24) is 9.97 Å². The van der Waals surface area contributed by atoms with Gasteiger partial charge in [0.1, 0.15) is 10.1 Å². The Morgan fingerprint density at radius 3 is 3.18 bits per heavy atom. The number of oxazole rings is 1. The number of H-pyrrole nitrogens is 1. The number of rotatable bonds is 0. The third-order valence-corrected chi connectivity index (χ3v) is 1.69. The molecule has 0 saturated carbocycles. The molecule has 5 heteroatoms. The van der Waals surface area contributed by atoms with Crippen LogP contribution >= 0.6 is 15.9 Å². The van der Waals surface area contributed by atoms with Crippen LogP contribution in [0.2, 0.25) is 0 Å². The van der Waals surface area contributed by atoms with Crippen molar-refractivity contribution in [3.63, 3.8) is 0 Å². The van der Waals surface area contributed by atoms with Gasteiger partial charge in [0.2, 0.25) is 5.71 Å². The first kappa shape index (κ1) is 6.60. The van der Waals surface area contributed by atoms with Gasteiger partial charge in [0.15, 0.2) is 0 Å². The molecule has 0 radical (unpaired) electrons. The van der Waals surface area contributed by atoms with Crippen LogP contribution in [0.5, 0.6) is 0 Å². The lowest BCUT2D eigenvalue weighted by molar-refractivity contribution is 0.545. The average molecular weight is 215 g/mol. The summed E-state index contributed by atoms with van der Waals surface area (Å²) in [6.07, 6.45) is 0. The molecular formula is C6H3BrN2O2. The fraction of sp³-hybridized carbons (Fsp3) is 0. The van der Waals surface area contributed by atoms with Crippen molar-refractivity contribution >= 4 is 27.2 Å². The molecule has 0 spiro atoms. The quantitative estimate of drug-likeness (QED) is 0.673. The van der Waals surface area contributed by atoms with E-state index in [4.69, 9.17) is 4.42 Å². The lowest BCUT2D eigenvalue weighted by Gasteiger charge is -1.85. The monoisotopic (exact) mass is 214 g/mol. The summed E-state index contributed by atoms with van der Waals surface area (Å²) in [4.78, 5) is 17.0. The zero-order valence-corrected chi connectivity index (χ0v) is 6.88. The van der Waals surface area contributed by atoms with E-state index in [0.29, 0.717) is 15.8 Å². The number of hydrogen-bond donors (Lipinski definition) is 1. The second-order valence-corrected chi connectivity index (χ2v) is 2.81. The topological polar surface area (TPSA) is 58.9 Å². The van der Waals surface area contributed by atoms with E-state index in [2.05, 4.69) is 25.9 Å². The van der Waals surface area contributed by atoms with Crippen LogP contribution in [0.1, 0.15) is 0 Å². The minimum atomic E-state index is -0.481. The number of aromatic nitrogens is 2. The van der Waals surface area contributed by atoms with Crippen LogP contribution in [0.15, 0.2) is 25.9 Å². The van der Waals surface area contributed by atoms with Gasteiger partial charge in [0.05, 0.1) is 0 Å². The van der Waals surface area contributed by atoms with E-state index in [9.17, 15) is 4.79 Å². The van der Waals surface area contributed by atoms with E-state index >= 15 is 0 Å². The molecule has 4 nitrogen and oxygen atoms in total. The highest BCUT2D eigenvalue weighted by atomic mass is 79.9. The lowest BCUT2D eigenvalue weighted by atomic mass is 10.5. The summed E-state index contributed by atoms with van der Waals surface area (Å²) >= 11 is 3.15. The Morgan fingerprint density at radius 2 is 2.36 bits per heavy atom. The fourth-order valence-corrected chi connectivity index (χ4v) is 1.11. The molecule has 56 valence electrons. The molecule has 11 heavy (non-hydrogen) atoms. The Bertz CT molecular complexity index is 445. The normalized spacial score (nSPS) is 10.6. The molecule has 0 saturated heterocycles. The minimum absolute atomic E-state index is 0.323. The molecule has 2 heterocycles. The van der Waals surface area contributed by atoms with Crippen molar-refractivity contribution in [3.05, 3.63) is 27.3 Å². The molecule has 0 atom stereocenters. The van der Waals surface area contributed by atoms with E-state index in [1.807, 2.05) is 0 Å². The van der Waals surface area contributed by atoms with Gasteiger partial charge in [0, 0.05) is 0 Å². The van der Waals surface area contributed by atoms with Crippen LogP contribution in [0, 0.1) is 0 Å². The van der Waals surface area contributed by atoms with Crippen LogP contribution in [-0.2, 0) is 0 Å². The molecule has 0 fully saturated rings. The maximum atomic E-state index is 10.6. The van der Waals surface area contributed by atoms with Crippen molar-refractivity contribution in [2.75, 3.05) is 0 Å². The van der Waals surface area contributed by atoms with Crippen LogP contribution in [0.4, 0.5) is 0 Å². The maximum Gasteiger partial charge on any atom is 0.418 e. The van der Waals surface area contributed by atoms with E-state index < -0.39 is 5.76 Å². The fourth-order valence-electron chi connectivity index (χ4n) is 0.814. The van der Waals surface area contributed by atoms with Crippen molar-refractivity contribution in [2.45, 2.75) is 0 Å². The standard InChI is InChI=1S/C6H3BrN2O2/c7-4-2-1-3-5(9-4)11-6(10)8-3/h1-2H,(H,8,10). The second kappa shape index (κ2) is 2.20. The third-order valence-electron chi connectivity index (χ3n) is 1.25. The first-order chi connectivity index (χ1) is 5.25. The largest absolute Gasteiger partial charge is 0.418 e. The maximum absolute atomic E-state index is 10.6. The first-order valence-electron chi connectivity index (χ1n) is 2.91. The van der Waals surface area contributed by atoms with Gasteiger partial charge in [0.25, 0.3) is 0 Å². The van der Waals surface area contributed by atoms with E-state index in [1.54, 1.807) is 12.1 Å². The Labute approximate surface area is 69.4 Å². The SMILES string of the molecule is O=c1[nH]c2ccc(Br)nc2o1. The van der Waals surface area contributed by atoms with Gasteiger partial charge >= 0.3 is 5.76 Å². The molecule has 2 rings (SSSR count). The highest BCUT2D eigenvalue weighted by Crippen LogP contribution is 2.11. The zero-order valence-electron chi connectivity index (χ0n) is 5.30. The Morgan fingerprint density at radius 1 is 1.55 bits per heavy atom.